The van der Waals surface area contributed by atoms with Gasteiger partial charge in [-0.2, -0.15) is 0 Å². The molecule has 3 nitrogen and oxygen atoms in total. The molecular formula is C17H28ClN3. The predicted octanol–water partition coefficient (Wildman–Crippen LogP) is 2.87. The molecule has 1 aromatic rings. The first-order valence-corrected chi connectivity index (χ1v) is 8.26. The zero-order valence-corrected chi connectivity index (χ0v) is 14.2. The highest BCUT2D eigenvalue weighted by Crippen LogP contribution is 2.25. The van der Waals surface area contributed by atoms with Gasteiger partial charge < -0.3 is 15.1 Å². The number of hydrogen-bond donors (Lipinski definition) is 1. The highest BCUT2D eigenvalue weighted by atomic mass is 35.5. The first-order valence-electron chi connectivity index (χ1n) is 7.89. The molecule has 0 aliphatic carbocycles. The largest absolute Gasteiger partial charge is 0.313 e. The Bertz CT molecular complexity index is 438. The van der Waals surface area contributed by atoms with Crippen LogP contribution in [0, 0.1) is 5.92 Å². The van der Waals surface area contributed by atoms with E-state index in [1.54, 1.807) is 0 Å². The van der Waals surface area contributed by atoms with Gasteiger partial charge in [0.15, 0.2) is 0 Å². The minimum Gasteiger partial charge on any atom is -0.313 e. The van der Waals surface area contributed by atoms with Crippen molar-refractivity contribution < 1.29 is 0 Å². The number of hydrogen-bond acceptors (Lipinski definition) is 3. The van der Waals surface area contributed by atoms with E-state index in [2.05, 4.69) is 41.3 Å². The Labute approximate surface area is 134 Å². The van der Waals surface area contributed by atoms with E-state index in [1.165, 1.54) is 31.6 Å². The van der Waals surface area contributed by atoms with Gasteiger partial charge in [-0.3, -0.25) is 0 Å². The molecule has 0 bridgehead atoms. The second-order valence-electron chi connectivity index (χ2n) is 6.33. The fraction of sp³-hybridized carbons (Fsp3) is 0.647. The lowest BCUT2D eigenvalue weighted by Crippen LogP contribution is -2.30. The number of nitrogens with zero attached hydrogens (tertiary/aromatic N) is 2. The fourth-order valence-electron chi connectivity index (χ4n) is 3.27. The molecule has 21 heavy (non-hydrogen) atoms. The van der Waals surface area contributed by atoms with E-state index in [9.17, 15) is 0 Å². The molecule has 0 radical (unpaired) electrons. The number of nitrogens with one attached hydrogen (secondary N) is 1. The summed E-state index contributed by atoms with van der Waals surface area (Å²) in [4.78, 5) is 4.89. The van der Waals surface area contributed by atoms with Crippen LogP contribution in [0.3, 0.4) is 0 Å². The van der Waals surface area contributed by atoms with Gasteiger partial charge in [-0.15, -0.1) is 0 Å². The van der Waals surface area contributed by atoms with Crippen LogP contribution >= 0.6 is 11.6 Å². The monoisotopic (exact) mass is 309 g/mol. The summed E-state index contributed by atoms with van der Waals surface area (Å²) in [6.07, 6.45) is 2.42. The van der Waals surface area contributed by atoms with Gasteiger partial charge in [0.05, 0.1) is 0 Å². The average molecular weight is 310 g/mol. The summed E-state index contributed by atoms with van der Waals surface area (Å²) in [5.74, 6) is 0.827. The number of benzene rings is 1. The van der Waals surface area contributed by atoms with E-state index in [0.717, 1.165) is 23.9 Å². The Balaban J connectivity index is 1.81. The highest BCUT2D eigenvalue weighted by molar-refractivity contribution is 6.31. The van der Waals surface area contributed by atoms with Crippen molar-refractivity contribution in [3.05, 3.63) is 34.9 Å². The van der Waals surface area contributed by atoms with Gasteiger partial charge in [-0.1, -0.05) is 29.8 Å². The van der Waals surface area contributed by atoms with Crippen LogP contribution in [0.15, 0.2) is 24.3 Å². The molecule has 1 fully saturated rings. The molecule has 1 heterocycles. The van der Waals surface area contributed by atoms with Gasteiger partial charge in [0.1, 0.15) is 0 Å². The number of halogens is 1. The summed E-state index contributed by atoms with van der Waals surface area (Å²) in [5, 5.41) is 4.25. The van der Waals surface area contributed by atoms with Crippen molar-refractivity contribution in [1.82, 2.24) is 15.1 Å². The Hall–Kier alpha value is -0.610. The Morgan fingerprint density at radius 3 is 2.81 bits per heavy atom. The van der Waals surface area contributed by atoms with Crippen molar-refractivity contribution in [2.45, 2.75) is 18.9 Å². The third-order valence-electron chi connectivity index (χ3n) is 4.49. The van der Waals surface area contributed by atoms with Crippen LogP contribution in [0.25, 0.3) is 0 Å². The molecule has 0 amide bonds. The van der Waals surface area contributed by atoms with Crippen molar-refractivity contribution >= 4 is 11.6 Å². The van der Waals surface area contributed by atoms with Crippen LogP contribution in [0.1, 0.15) is 24.4 Å². The first-order chi connectivity index (χ1) is 10.1. The molecular weight excluding hydrogens is 282 g/mol. The smallest absolute Gasteiger partial charge is 0.0453 e. The van der Waals surface area contributed by atoms with E-state index < -0.39 is 0 Å². The van der Waals surface area contributed by atoms with E-state index in [1.807, 2.05) is 19.2 Å². The third-order valence-corrected chi connectivity index (χ3v) is 4.83. The van der Waals surface area contributed by atoms with Crippen molar-refractivity contribution in [3.63, 3.8) is 0 Å². The standard InChI is InChI=1S/C17H28ClN3/c1-19-17(15-6-4-5-7-16(15)18)9-11-21(3)13-14-8-10-20(2)12-14/h4-7,14,17,19H,8-13H2,1-3H3. The molecule has 0 saturated carbocycles. The van der Waals surface area contributed by atoms with Crippen molar-refractivity contribution in [2.75, 3.05) is 47.3 Å². The molecule has 1 N–H and O–H groups in total. The van der Waals surface area contributed by atoms with Crippen LogP contribution in [-0.2, 0) is 0 Å². The molecule has 1 aliphatic rings. The summed E-state index contributed by atoms with van der Waals surface area (Å²) in [6, 6.07) is 8.46. The van der Waals surface area contributed by atoms with Crippen LogP contribution < -0.4 is 5.32 Å². The van der Waals surface area contributed by atoms with E-state index in [0.29, 0.717) is 6.04 Å². The van der Waals surface area contributed by atoms with Gasteiger partial charge >= 0.3 is 0 Å². The zero-order valence-electron chi connectivity index (χ0n) is 13.5. The average Bonchev–Trinajstić information content (AvgIpc) is 2.86. The molecule has 2 rings (SSSR count). The van der Waals surface area contributed by atoms with Crippen LogP contribution in [-0.4, -0.2) is 57.1 Å². The molecule has 2 unspecified atom stereocenters. The molecule has 2 atom stereocenters. The van der Waals surface area contributed by atoms with Crippen molar-refractivity contribution in [1.29, 1.82) is 0 Å². The van der Waals surface area contributed by atoms with Gasteiger partial charge in [0.25, 0.3) is 0 Å². The normalized spacial score (nSPS) is 21.1. The van der Waals surface area contributed by atoms with Gasteiger partial charge in [-0.25, -0.2) is 0 Å². The minimum atomic E-state index is 0.326. The summed E-state index contributed by atoms with van der Waals surface area (Å²) in [7, 11) is 6.46. The lowest BCUT2D eigenvalue weighted by molar-refractivity contribution is 0.261. The highest BCUT2D eigenvalue weighted by Gasteiger charge is 2.21. The summed E-state index contributed by atoms with van der Waals surface area (Å²) in [5.41, 5.74) is 1.20. The second-order valence-corrected chi connectivity index (χ2v) is 6.74. The Morgan fingerprint density at radius 2 is 2.19 bits per heavy atom. The predicted molar refractivity (Wildman–Crippen MR) is 91.0 cm³/mol. The van der Waals surface area contributed by atoms with Crippen LogP contribution in [0.4, 0.5) is 0 Å². The van der Waals surface area contributed by atoms with Crippen LogP contribution in [0.2, 0.25) is 5.02 Å². The number of rotatable bonds is 7. The molecule has 118 valence electrons. The maximum Gasteiger partial charge on any atom is 0.0453 e. The summed E-state index contributed by atoms with van der Waals surface area (Å²) >= 11 is 6.31. The fourth-order valence-corrected chi connectivity index (χ4v) is 3.54. The lowest BCUT2D eigenvalue weighted by atomic mass is 10.0. The second kappa shape index (κ2) is 8.14. The molecule has 1 aliphatic heterocycles. The molecule has 1 saturated heterocycles. The van der Waals surface area contributed by atoms with Crippen LogP contribution in [0.5, 0.6) is 0 Å². The minimum absolute atomic E-state index is 0.326. The van der Waals surface area contributed by atoms with Gasteiger partial charge in [-0.05, 0) is 64.6 Å². The van der Waals surface area contributed by atoms with Crippen molar-refractivity contribution in [3.8, 4) is 0 Å². The van der Waals surface area contributed by atoms with Crippen molar-refractivity contribution in [2.24, 2.45) is 5.92 Å². The molecule has 4 heteroatoms. The molecule has 1 aromatic carbocycles. The maximum absolute atomic E-state index is 6.31. The zero-order chi connectivity index (χ0) is 15.2. The molecule has 0 aromatic heterocycles. The molecule has 0 spiro atoms. The Kier molecular flexibility index (Phi) is 6.49. The SMILES string of the molecule is CNC(CCN(C)CC1CCN(C)C1)c1ccccc1Cl. The van der Waals surface area contributed by atoms with E-state index >= 15 is 0 Å². The summed E-state index contributed by atoms with van der Waals surface area (Å²) in [6.45, 7) is 4.78. The lowest BCUT2D eigenvalue weighted by Gasteiger charge is -2.24. The quantitative estimate of drug-likeness (QED) is 0.835. The third kappa shape index (κ3) is 4.96. The summed E-state index contributed by atoms with van der Waals surface area (Å²) < 4.78 is 0. The Morgan fingerprint density at radius 1 is 1.43 bits per heavy atom. The van der Waals surface area contributed by atoms with Gasteiger partial charge in [0.2, 0.25) is 0 Å². The maximum atomic E-state index is 6.31. The number of likely N-dealkylation sites (tertiary alicyclic amines) is 1. The van der Waals surface area contributed by atoms with Gasteiger partial charge in [0, 0.05) is 24.2 Å². The first kappa shape index (κ1) is 16.8. The topological polar surface area (TPSA) is 18.5 Å². The van der Waals surface area contributed by atoms with E-state index in [-0.39, 0.29) is 0 Å². The van der Waals surface area contributed by atoms with E-state index in [4.69, 9.17) is 11.6 Å².